The highest BCUT2D eigenvalue weighted by Crippen LogP contribution is 2.43. The quantitative estimate of drug-likeness (QED) is 0.242. The molecule has 2 heterocycles. The van der Waals surface area contributed by atoms with Crippen LogP contribution in [-0.2, 0) is 21.3 Å². The third-order valence-corrected chi connectivity index (χ3v) is 9.51. The van der Waals surface area contributed by atoms with Crippen LogP contribution >= 0.6 is 0 Å². The molecule has 0 bridgehead atoms. The Balaban J connectivity index is 1.40. The van der Waals surface area contributed by atoms with Crippen LogP contribution in [0.1, 0.15) is 23.1 Å². The normalized spacial score (nSPS) is 21.6. The summed E-state index contributed by atoms with van der Waals surface area (Å²) in [5, 5.41) is 0. The standard InChI is InChI=1S/C35H40F3N3O4Si/c1-39(32-17-18-40(22-31(32)38)34(43)44-23-25-11-7-5-8-12-25)33(42)41-21-26(29-19-28(36)15-16-30(29)37)20-35(41,24-45-46(2,3)4)27-13-9-6-10-14-27/h5-16,19-20,31-32H,17-18,21-24H2,1-4H3/t31-,32?,35-/m1/s1. The van der Waals surface area contributed by atoms with Crippen molar-refractivity contribution in [1.29, 1.82) is 0 Å². The van der Waals surface area contributed by atoms with Crippen molar-refractivity contribution >= 4 is 26.0 Å². The zero-order valence-electron chi connectivity index (χ0n) is 26.6. The fraction of sp³-hybridized carbons (Fsp3) is 0.371. The highest BCUT2D eigenvalue weighted by molar-refractivity contribution is 6.69. The Morgan fingerprint density at radius 2 is 1.67 bits per heavy atom. The number of carbonyl (C=O) groups excluding carboxylic acids is 2. The van der Waals surface area contributed by atoms with Gasteiger partial charge in [-0.3, -0.25) is 0 Å². The fourth-order valence-electron chi connectivity index (χ4n) is 6.00. The number of nitrogens with zero attached hydrogens (tertiary/aromatic N) is 3. The van der Waals surface area contributed by atoms with Crippen LogP contribution in [0.5, 0.6) is 0 Å². The molecule has 3 aromatic rings. The minimum absolute atomic E-state index is 0.0465. The van der Waals surface area contributed by atoms with E-state index in [2.05, 4.69) is 0 Å². The molecule has 0 aliphatic carbocycles. The van der Waals surface area contributed by atoms with E-state index in [1.54, 1.807) is 18.0 Å². The molecule has 46 heavy (non-hydrogen) atoms. The zero-order valence-corrected chi connectivity index (χ0v) is 27.6. The van der Waals surface area contributed by atoms with Crippen molar-refractivity contribution in [3.05, 3.63) is 113 Å². The third kappa shape index (κ3) is 7.31. The average Bonchev–Trinajstić information content (AvgIpc) is 3.44. The third-order valence-electron chi connectivity index (χ3n) is 8.50. The first-order valence-corrected chi connectivity index (χ1v) is 18.8. The van der Waals surface area contributed by atoms with Gasteiger partial charge < -0.3 is 23.9 Å². The Bertz CT molecular complexity index is 1570. The number of urea groups is 1. The van der Waals surface area contributed by atoms with Crippen LogP contribution in [0.2, 0.25) is 19.6 Å². The Kier molecular flexibility index (Phi) is 9.93. The summed E-state index contributed by atoms with van der Waals surface area (Å²) in [4.78, 5) is 31.4. The summed E-state index contributed by atoms with van der Waals surface area (Å²) < 4.78 is 57.0. The molecule has 7 nitrogen and oxygen atoms in total. The number of piperidine rings is 1. The number of alkyl halides is 1. The predicted octanol–water partition coefficient (Wildman–Crippen LogP) is 7.21. The van der Waals surface area contributed by atoms with Gasteiger partial charge in [0.2, 0.25) is 0 Å². The van der Waals surface area contributed by atoms with Crippen LogP contribution < -0.4 is 0 Å². The first-order valence-electron chi connectivity index (χ1n) is 15.4. The lowest BCUT2D eigenvalue weighted by atomic mass is 9.89. The van der Waals surface area contributed by atoms with Gasteiger partial charge in [-0.15, -0.1) is 0 Å². The number of amides is 3. The van der Waals surface area contributed by atoms with E-state index in [0.717, 1.165) is 29.3 Å². The van der Waals surface area contributed by atoms with E-state index in [1.807, 2.05) is 80.3 Å². The maximum atomic E-state index is 15.8. The molecule has 5 rings (SSSR count). The lowest BCUT2D eigenvalue weighted by molar-refractivity contribution is 0.0285. The number of halogens is 3. The molecule has 2 aliphatic heterocycles. The minimum atomic E-state index is -2.13. The summed E-state index contributed by atoms with van der Waals surface area (Å²) in [7, 11) is -0.591. The summed E-state index contributed by atoms with van der Waals surface area (Å²) >= 11 is 0. The van der Waals surface area contributed by atoms with Crippen LogP contribution in [0.3, 0.4) is 0 Å². The van der Waals surface area contributed by atoms with Crippen molar-refractivity contribution < 1.29 is 31.9 Å². The van der Waals surface area contributed by atoms with Crippen LogP contribution in [0.4, 0.5) is 22.8 Å². The van der Waals surface area contributed by atoms with Crippen molar-refractivity contribution in [3.63, 3.8) is 0 Å². The van der Waals surface area contributed by atoms with Gasteiger partial charge in [0.1, 0.15) is 30.0 Å². The van der Waals surface area contributed by atoms with Crippen molar-refractivity contribution in [1.82, 2.24) is 14.7 Å². The molecule has 1 saturated heterocycles. The predicted molar refractivity (Wildman–Crippen MR) is 173 cm³/mol. The molecule has 0 spiro atoms. The Morgan fingerprint density at radius 3 is 2.33 bits per heavy atom. The van der Waals surface area contributed by atoms with Crippen molar-refractivity contribution in [3.8, 4) is 0 Å². The molecule has 11 heteroatoms. The maximum absolute atomic E-state index is 15.8. The van der Waals surface area contributed by atoms with Crippen LogP contribution in [0, 0.1) is 11.6 Å². The zero-order chi connectivity index (χ0) is 33.1. The number of likely N-dealkylation sites (tertiary alicyclic amines) is 1. The summed E-state index contributed by atoms with van der Waals surface area (Å²) in [6.07, 6.45) is -0.173. The molecule has 3 aromatic carbocycles. The van der Waals surface area contributed by atoms with Crippen molar-refractivity contribution in [2.45, 2.75) is 50.4 Å². The van der Waals surface area contributed by atoms with Crippen molar-refractivity contribution in [2.24, 2.45) is 0 Å². The molecular formula is C35H40F3N3O4Si. The SMILES string of the molecule is CN(C(=O)N1CC(c2cc(F)ccc2F)=C[C@@]1(CO[Si](C)(C)C)c1ccccc1)C1CCN(C(=O)OCc2ccccc2)C[C@H]1F. The van der Waals surface area contributed by atoms with Crippen LogP contribution in [-0.4, -0.2) is 80.6 Å². The van der Waals surface area contributed by atoms with Crippen LogP contribution in [0.25, 0.3) is 5.57 Å². The Morgan fingerprint density at radius 1 is 1.00 bits per heavy atom. The lowest BCUT2D eigenvalue weighted by Crippen LogP contribution is -2.59. The maximum Gasteiger partial charge on any atom is 0.410 e. The molecule has 0 saturated carbocycles. The fourth-order valence-corrected chi connectivity index (χ4v) is 6.65. The van der Waals surface area contributed by atoms with Gasteiger partial charge in [-0.2, -0.15) is 0 Å². The van der Waals surface area contributed by atoms with E-state index in [9.17, 15) is 14.0 Å². The molecule has 0 N–H and O–H groups in total. The summed E-state index contributed by atoms with van der Waals surface area (Å²) in [6.45, 7) is 6.18. The lowest BCUT2D eigenvalue weighted by Gasteiger charge is -2.44. The van der Waals surface area contributed by atoms with Gasteiger partial charge >= 0.3 is 12.1 Å². The second kappa shape index (κ2) is 13.7. The van der Waals surface area contributed by atoms with E-state index >= 15 is 8.78 Å². The number of ether oxygens (including phenoxy) is 1. The number of hydrogen-bond donors (Lipinski definition) is 0. The van der Waals surface area contributed by atoms with Gasteiger partial charge in [0, 0.05) is 25.7 Å². The monoisotopic (exact) mass is 651 g/mol. The second-order valence-corrected chi connectivity index (χ2v) is 17.3. The van der Waals surface area contributed by atoms with Gasteiger partial charge in [0.05, 0.1) is 19.2 Å². The van der Waals surface area contributed by atoms with E-state index in [4.69, 9.17) is 9.16 Å². The largest absolute Gasteiger partial charge is 0.445 e. The number of rotatable bonds is 8. The van der Waals surface area contributed by atoms with E-state index < -0.39 is 49.8 Å². The molecular weight excluding hydrogens is 611 g/mol. The first-order chi connectivity index (χ1) is 21.9. The molecule has 0 radical (unpaired) electrons. The van der Waals surface area contributed by atoms with Gasteiger partial charge in [-0.25, -0.2) is 22.8 Å². The summed E-state index contributed by atoms with van der Waals surface area (Å²) in [5.41, 5.74) is 0.861. The molecule has 1 fully saturated rings. The Hall–Kier alpha value is -4.09. The minimum Gasteiger partial charge on any atom is -0.445 e. The number of hydrogen-bond acceptors (Lipinski definition) is 4. The van der Waals surface area contributed by atoms with Gasteiger partial charge in [0.15, 0.2) is 8.32 Å². The highest BCUT2D eigenvalue weighted by atomic mass is 28.4. The van der Waals surface area contributed by atoms with E-state index in [-0.39, 0.29) is 44.8 Å². The van der Waals surface area contributed by atoms with Gasteiger partial charge in [0.25, 0.3) is 0 Å². The Labute approximate surface area is 269 Å². The van der Waals surface area contributed by atoms with Crippen LogP contribution in [0.15, 0.2) is 84.9 Å². The summed E-state index contributed by atoms with van der Waals surface area (Å²) in [5.74, 6) is -1.21. The molecule has 3 atom stereocenters. The molecule has 2 aliphatic rings. The molecule has 0 aromatic heterocycles. The molecule has 3 amide bonds. The van der Waals surface area contributed by atoms with Gasteiger partial charge in [-0.1, -0.05) is 60.7 Å². The highest BCUT2D eigenvalue weighted by Gasteiger charge is 2.48. The first kappa shape index (κ1) is 33.3. The van der Waals surface area contributed by atoms with E-state index in [0.29, 0.717) is 5.57 Å². The summed E-state index contributed by atoms with van der Waals surface area (Å²) in [6, 6.07) is 20.4. The topological polar surface area (TPSA) is 62.3 Å². The number of carbonyl (C=O) groups is 2. The van der Waals surface area contributed by atoms with Crippen molar-refractivity contribution in [2.75, 3.05) is 33.3 Å². The second-order valence-electron chi connectivity index (χ2n) is 12.8. The molecule has 244 valence electrons. The average molecular weight is 652 g/mol. The number of benzene rings is 3. The molecule has 1 unspecified atom stereocenters. The smallest absolute Gasteiger partial charge is 0.410 e. The van der Waals surface area contributed by atoms with E-state index in [1.165, 1.54) is 9.80 Å². The van der Waals surface area contributed by atoms with Gasteiger partial charge in [-0.05, 0) is 67.0 Å².